The third-order valence-corrected chi connectivity index (χ3v) is 2.61. The average molecular weight is 260 g/mol. The molecule has 1 aromatic heterocycles. The third-order valence-electron chi connectivity index (χ3n) is 1.28. The topological polar surface area (TPSA) is 76.5 Å². The monoisotopic (exact) mass is 259 g/mol. The van der Waals surface area contributed by atoms with Crippen molar-refractivity contribution in [1.82, 2.24) is 4.98 Å². The zero-order valence-corrected chi connectivity index (χ0v) is 9.36. The lowest BCUT2D eigenvalue weighted by Crippen LogP contribution is -2.03. The molecule has 14 heavy (non-hydrogen) atoms. The van der Waals surface area contributed by atoms with Crippen LogP contribution >= 0.6 is 24.0 Å². The lowest BCUT2D eigenvalue weighted by molar-refractivity contribution is 0.381. The average Bonchev–Trinajstić information content (AvgIpc) is 2.01. The van der Waals surface area contributed by atoms with Gasteiger partial charge in [0.2, 0.25) is 5.88 Å². The van der Waals surface area contributed by atoms with Crippen molar-refractivity contribution >= 4 is 34.1 Å². The van der Waals surface area contributed by atoms with Crippen molar-refractivity contribution < 1.29 is 17.7 Å². The first-order valence-electron chi connectivity index (χ1n) is 3.13. The third kappa shape index (κ3) is 2.71. The summed E-state index contributed by atoms with van der Waals surface area (Å²) in [6.07, 6.45) is 1.27. The van der Waals surface area contributed by atoms with E-state index in [1.165, 1.54) is 19.4 Å². The Morgan fingerprint density at radius 1 is 1.57 bits per heavy atom. The maximum atomic E-state index is 10.8. The summed E-state index contributed by atoms with van der Waals surface area (Å²) in [6, 6.07) is 1.24. The molecule has 0 spiro atoms. The Labute approximate surface area is 92.2 Å². The molecule has 0 atom stereocenters. The van der Waals surface area contributed by atoms with Gasteiger partial charge in [-0.25, -0.2) is 4.98 Å². The van der Waals surface area contributed by atoms with E-state index < -0.39 is 15.0 Å². The van der Waals surface area contributed by atoms with E-state index in [2.05, 4.69) is 9.72 Å². The van der Waals surface area contributed by atoms with Crippen LogP contribution in [0.3, 0.4) is 0 Å². The van der Waals surface area contributed by atoms with E-state index in [1.807, 2.05) is 0 Å². The number of halogens is 2. The molecule has 0 aromatic carbocycles. The van der Waals surface area contributed by atoms with E-state index in [0.29, 0.717) is 0 Å². The number of methoxy groups -OCH3 is 1. The smallest absolute Gasteiger partial charge is 0.301 e. The van der Waals surface area contributed by atoms with E-state index in [4.69, 9.17) is 16.2 Å². The van der Waals surface area contributed by atoms with Gasteiger partial charge in [-0.15, -0.1) is 12.4 Å². The predicted octanol–water partition coefficient (Wildman–Crippen LogP) is 1.41. The normalized spacial score (nSPS) is 10.5. The minimum atomic E-state index is -4.40. The summed E-state index contributed by atoms with van der Waals surface area (Å²) in [5.74, 6) is -0.227. The Morgan fingerprint density at radius 2 is 2.14 bits per heavy atom. The van der Waals surface area contributed by atoms with Gasteiger partial charge >= 0.3 is 10.1 Å². The number of aromatic nitrogens is 1. The van der Waals surface area contributed by atoms with Crippen LogP contribution in [-0.2, 0) is 10.1 Å². The summed E-state index contributed by atoms with van der Waals surface area (Å²) in [5.41, 5.74) is 0. The first-order valence-corrected chi connectivity index (χ1v) is 4.94. The van der Waals surface area contributed by atoms with Crippen molar-refractivity contribution in [3.8, 4) is 5.88 Å². The van der Waals surface area contributed by atoms with Gasteiger partial charge in [-0.1, -0.05) is 11.6 Å². The zero-order chi connectivity index (χ0) is 10.1. The molecule has 0 aliphatic heterocycles. The molecule has 0 radical (unpaired) electrons. The lowest BCUT2D eigenvalue weighted by Gasteiger charge is -2.04. The fourth-order valence-electron chi connectivity index (χ4n) is 0.786. The quantitative estimate of drug-likeness (QED) is 0.813. The number of hydrogen-bond donors (Lipinski definition) is 1. The SMILES string of the molecule is COc1nccc(Cl)c1S(=O)(=O)O.Cl. The van der Waals surface area contributed by atoms with Crippen molar-refractivity contribution in [2.24, 2.45) is 0 Å². The van der Waals surface area contributed by atoms with E-state index in [9.17, 15) is 8.42 Å². The molecule has 0 aliphatic carbocycles. The number of nitrogens with zero attached hydrogens (tertiary/aromatic N) is 1. The maximum absolute atomic E-state index is 10.8. The van der Waals surface area contributed by atoms with Crippen LogP contribution in [0.15, 0.2) is 17.2 Å². The Bertz CT molecular complexity index is 420. The molecular formula is C6H7Cl2NO4S. The van der Waals surface area contributed by atoms with Crippen molar-refractivity contribution in [3.05, 3.63) is 17.3 Å². The van der Waals surface area contributed by atoms with E-state index in [-0.39, 0.29) is 23.3 Å². The number of hydrogen-bond acceptors (Lipinski definition) is 4. The van der Waals surface area contributed by atoms with Crippen molar-refractivity contribution in [3.63, 3.8) is 0 Å². The predicted molar refractivity (Wildman–Crippen MR) is 52.9 cm³/mol. The Balaban J connectivity index is 0.00000169. The Hall–Kier alpha value is -0.560. The van der Waals surface area contributed by atoms with Gasteiger partial charge in [0.15, 0.2) is 4.90 Å². The second kappa shape index (κ2) is 4.79. The Morgan fingerprint density at radius 3 is 2.50 bits per heavy atom. The molecule has 0 saturated carbocycles. The van der Waals surface area contributed by atoms with Gasteiger partial charge in [0.25, 0.3) is 0 Å². The van der Waals surface area contributed by atoms with Gasteiger partial charge < -0.3 is 4.74 Å². The zero-order valence-electron chi connectivity index (χ0n) is 6.97. The van der Waals surface area contributed by atoms with E-state index >= 15 is 0 Å². The molecule has 0 fully saturated rings. The lowest BCUT2D eigenvalue weighted by atomic mass is 10.5. The van der Waals surface area contributed by atoms with Crippen LogP contribution in [0.5, 0.6) is 5.88 Å². The van der Waals surface area contributed by atoms with Crippen LogP contribution in [0.25, 0.3) is 0 Å². The summed E-state index contributed by atoms with van der Waals surface area (Å²) < 4.78 is 34.9. The second-order valence-corrected chi connectivity index (χ2v) is 3.87. The molecule has 8 heteroatoms. The number of ether oxygens (including phenoxy) is 1. The highest BCUT2D eigenvalue weighted by Crippen LogP contribution is 2.28. The van der Waals surface area contributed by atoms with Crippen LogP contribution in [0.2, 0.25) is 5.02 Å². The summed E-state index contributed by atoms with van der Waals surface area (Å²) in [4.78, 5) is 3.06. The minimum Gasteiger partial charge on any atom is -0.480 e. The minimum absolute atomic E-state index is 0. The highest BCUT2D eigenvalue weighted by Gasteiger charge is 2.21. The fourth-order valence-corrected chi connectivity index (χ4v) is 1.89. The highest BCUT2D eigenvalue weighted by atomic mass is 35.5. The van der Waals surface area contributed by atoms with Crippen LogP contribution in [-0.4, -0.2) is 25.1 Å². The molecule has 1 rings (SSSR count). The molecular weight excluding hydrogens is 253 g/mol. The molecule has 80 valence electrons. The standard InChI is InChI=1S/C6H6ClNO4S.ClH/c1-12-6-5(13(9,10)11)4(7)2-3-8-6;/h2-3H,1H3,(H,9,10,11);1H. The number of pyridine rings is 1. The van der Waals surface area contributed by atoms with E-state index in [0.717, 1.165) is 0 Å². The van der Waals surface area contributed by atoms with Crippen LogP contribution < -0.4 is 4.74 Å². The highest BCUT2D eigenvalue weighted by molar-refractivity contribution is 7.86. The van der Waals surface area contributed by atoms with Crippen LogP contribution in [0.4, 0.5) is 0 Å². The molecule has 1 heterocycles. The maximum Gasteiger partial charge on any atom is 0.301 e. The first-order chi connectivity index (χ1) is 5.96. The molecule has 0 bridgehead atoms. The van der Waals surface area contributed by atoms with Gasteiger partial charge in [0.05, 0.1) is 12.1 Å². The van der Waals surface area contributed by atoms with Gasteiger partial charge in [-0.2, -0.15) is 8.42 Å². The first kappa shape index (κ1) is 13.4. The van der Waals surface area contributed by atoms with Crippen molar-refractivity contribution in [2.75, 3.05) is 7.11 Å². The van der Waals surface area contributed by atoms with Crippen LogP contribution in [0.1, 0.15) is 0 Å². The molecule has 1 aromatic rings. The van der Waals surface area contributed by atoms with Crippen molar-refractivity contribution in [1.29, 1.82) is 0 Å². The molecule has 0 saturated heterocycles. The fraction of sp³-hybridized carbons (Fsp3) is 0.167. The second-order valence-electron chi connectivity index (χ2n) is 2.11. The van der Waals surface area contributed by atoms with Gasteiger partial charge in [0.1, 0.15) is 0 Å². The summed E-state index contributed by atoms with van der Waals surface area (Å²) in [6.45, 7) is 0. The summed E-state index contributed by atoms with van der Waals surface area (Å²) in [5, 5.41) is -0.130. The Kier molecular flexibility index (Phi) is 4.60. The molecule has 0 unspecified atom stereocenters. The molecule has 5 nitrogen and oxygen atoms in total. The van der Waals surface area contributed by atoms with Crippen molar-refractivity contribution in [2.45, 2.75) is 4.90 Å². The van der Waals surface area contributed by atoms with Gasteiger partial charge in [-0.05, 0) is 6.07 Å². The largest absolute Gasteiger partial charge is 0.480 e. The number of rotatable bonds is 2. The van der Waals surface area contributed by atoms with E-state index in [1.54, 1.807) is 0 Å². The molecule has 1 N–H and O–H groups in total. The van der Waals surface area contributed by atoms with Gasteiger partial charge in [-0.3, -0.25) is 4.55 Å². The van der Waals surface area contributed by atoms with Crippen LogP contribution in [0, 0.1) is 0 Å². The van der Waals surface area contributed by atoms with Gasteiger partial charge in [0, 0.05) is 6.20 Å². The molecule has 0 aliphatic rings. The summed E-state index contributed by atoms with van der Waals surface area (Å²) in [7, 11) is -3.17. The molecule has 0 amide bonds. The summed E-state index contributed by atoms with van der Waals surface area (Å²) >= 11 is 5.53.